The molecule has 5 heteroatoms. The van der Waals surface area contributed by atoms with Gasteiger partial charge in [-0.3, -0.25) is 4.79 Å². The fourth-order valence-corrected chi connectivity index (χ4v) is 2.06. The minimum atomic E-state index is -0.168. The molecular formula is C14H19ClN2O2. The standard InChI is InChI=1S/C14H19ClN2O2/c1-17(7-8-19-9-10-5-6-10)14(18)13-11(15)3-2-4-12(13)16/h2-4,10H,5-9,16H2,1H3. The molecule has 0 saturated heterocycles. The Balaban J connectivity index is 1.86. The van der Waals surface area contributed by atoms with Gasteiger partial charge in [0.2, 0.25) is 0 Å². The summed E-state index contributed by atoms with van der Waals surface area (Å²) >= 11 is 6.02. The van der Waals surface area contributed by atoms with Crippen LogP contribution in [-0.2, 0) is 4.74 Å². The Morgan fingerprint density at radius 1 is 1.53 bits per heavy atom. The maximum absolute atomic E-state index is 12.2. The van der Waals surface area contributed by atoms with Gasteiger partial charge in [0.15, 0.2) is 0 Å². The molecule has 1 aliphatic rings. The number of nitrogens with two attached hydrogens (primary N) is 1. The van der Waals surface area contributed by atoms with Crippen LogP contribution in [0.15, 0.2) is 18.2 Å². The van der Waals surface area contributed by atoms with Crippen LogP contribution in [0.4, 0.5) is 5.69 Å². The lowest BCUT2D eigenvalue weighted by atomic mass is 10.1. The number of anilines is 1. The van der Waals surface area contributed by atoms with Gasteiger partial charge in [-0.15, -0.1) is 0 Å². The lowest BCUT2D eigenvalue weighted by Crippen LogP contribution is -2.31. The third kappa shape index (κ3) is 3.85. The number of ether oxygens (including phenoxy) is 1. The first-order chi connectivity index (χ1) is 9.09. The number of halogens is 1. The van der Waals surface area contributed by atoms with Crippen molar-refractivity contribution in [2.45, 2.75) is 12.8 Å². The molecule has 1 aromatic rings. The summed E-state index contributed by atoms with van der Waals surface area (Å²) in [5.74, 6) is 0.568. The molecule has 0 aromatic heterocycles. The highest BCUT2D eigenvalue weighted by Gasteiger charge is 2.21. The van der Waals surface area contributed by atoms with E-state index in [4.69, 9.17) is 22.1 Å². The Labute approximate surface area is 118 Å². The lowest BCUT2D eigenvalue weighted by molar-refractivity contribution is 0.0682. The quantitative estimate of drug-likeness (QED) is 0.644. The predicted octanol–water partition coefficient (Wildman–Crippen LogP) is 2.42. The molecule has 1 fully saturated rings. The zero-order valence-electron chi connectivity index (χ0n) is 11.1. The summed E-state index contributed by atoms with van der Waals surface area (Å²) in [5, 5.41) is 0.385. The number of carbonyl (C=O) groups is 1. The van der Waals surface area contributed by atoms with E-state index in [9.17, 15) is 4.79 Å². The van der Waals surface area contributed by atoms with Crippen LogP contribution in [0, 0.1) is 5.92 Å². The fourth-order valence-electron chi connectivity index (χ4n) is 1.79. The van der Waals surface area contributed by atoms with Crippen molar-refractivity contribution in [2.75, 3.05) is 32.5 Å². The van der Waals surface area contributed by atoms with E-state index in [1.54, 1.807) is 30.1 Å². The van der Waals surface area contributed by atoms with E-state index in [0.717, 1.165) is 12.5 Å². The summed E-state index contributed by atoms with van der Waals surface area (Å²) in [7, 11) is 1.73. The molecule has 2 rings (SSSR count). The molecule has 0 heterocycles. The van der Waals surface area contributed by atoms with Gasteiger partial charge in [-0.2, -0.15) is 0 Å². The van der Waals surface area contributed by atoms with Crippen LogP contribution in [0.25, 0.3) is 0 Å². The number of likely N-dealkylation sites (N-methyl/N-ethyl adjacent to an activating group) is 1. The number of hydrogen-bond donors (Lipinski definition) is 1. The molecule has 1 aromatic carbocycles. The summed E-state index contributed by atoms with van der Waals surface area (Å²) in [5.41, 5.74) is 6.57. The van der Waals surface area contributed by atoms with E-state index in [2.05, 4.69) is 0 Å². The fraction of sp³-hybridized carbons (Fsp3) is 0.500. The second-order valence-electron chi connectivity index (χ2n) is 4.95. The number of hydrogen-bond acceptors (Lipinski definition) is 3. The first-order valence-electron chi connectivity index (χ1n) is 6.46. The molecule has 1 aliphatic carbocycles. The zero-order valence-corrected chi connectivity index (χ0v) is 11.8. The Bertz CT molecular complexity index is 441. The van der Waals surface area contributed by atoms with E-state index < -0.39 is 0 Å². The molecule has 0 atom stereocenters. The van der Waals surface area contributed by atoms with E-state index in [-0.39, 0.29) is 5.91 Å². The molecule has 0 spiro atoms. The highest BCUT2D eigenvalue weighted by atomic mass is 35.5. The van der Waals surface area contributed by atoms with Gasteiger partial charge in [-0.1, -0.05) is 17.7 Å². The summed E-state index contributed by atoms with van der Waals surface area (Å²) < 4.78 is 5.52. The molecule has 1 saturated carbocycles. The number of nitrogens with zero attached hydrogens (tertiary/aromatic N) is 1. The first-order valence-corrected chi connectivity index (χ1v) is 6.84. The second kappa shape index (κ2) is 6.26. The van der Waals surface area contributed by atoms with Crippen LogP contribution >= 0.6 is 11.6 Å². The van der Waals surface area contributed by atoms with Crippen LogP contribution in [0.1, 0.15) is 23.2 Å². The van der Waals surface area contributed by atoms with Gasteiger partial charge < -0.3 is 15.4 Å². The van der Waals surface area contributed by atoms with Gasteiger partial charge in [0.25, 0.3) is 5.91 Å². The second-order valence-corrected chi connectivity index (χ2v) is 5.36. The van der Waals surface area contributed by atoms with Crippen molar-refractivity contribution in [1.29, 1.82) is 0 Å². The van der Waals surface area contributed by atoms with Crippen LogP contribution in [0.5, 0.6) is 0 Å². The van der Waals surface area contributed by atoms with E-state index in [1.165, 1.54) is 12.8 Å². The highest BCUT2D eigenvalue weighted by Crippen LogP contribution is 2.28. The number of nitrogen functional groups attached to an aromatic ring is 1. The van der Waals surface area contributed by atoms with Crippen LogP contribution in [0.2, 0.25) is 5.02 Å². The van der Waals surface area contributed by atoms with Crippen LogP contribution in [0.3, 0.4) is 0 Å². The van der Waals surface area contributed by atoms with Crippen LogP contribution in [-0.4, -0.2) is 37.6 Å². The summed E-state index contributed by atoms with van der Waals surface area (Å²) in [6, 6.07) is 5.08. The molecule has 4 nitrogen and oxygen atoms in total. The predicted molar refractivity (Wildman–Crippen MR) is 76.4 cm³/mol. The Hall–Kier alpha value is -1.26. The smallest absolute Gasteiger partial charge is 0.257 e. The van der Waals surface area contributed by atoms with Gasteiger partial charge in [0.1, 0.15) is 0 Å². The summed E-state index contributed by atoms with van der Waals surface area (Å²) in [6.45, 7) is 1.88. The van der Waals surface area contributed by atoms with Crippen molar-refractivity contribution in [1.82, 2.24) is 4.90 Å². The van der Waals surface area contributed by atoms with E-state index in [1.807, 2.05) is 0 Å². The molecule has 19 heavy (non-hydrogen) atoms. The minimum absolute atomic E-state index is 0.168. The molecule has 0 bridgehead atoms. The normalized spacial score (nSPS) is 14.4. The summed E-state index contributed by atoms with van der Waals surface area (Å²) in [4.78, 5) is 13.8. The van der Waals surface area contributed by atoms with Crippen LogP contribution < -0.4 is 5.73 Å². The molecule has 1 amide bonds. The van der Waals surface area contributed by atoms with Crippen molar-refractivity contribution in [3.05, 3.63) is 28.8 Å². The molecule has 2 N–H and O–H groups in total. The van der Waals surface area contributed by atoms with Gasteiger partial charge in [-0.25, -0.2) is 0 Å². The maximum atomic E-state index is 12.2. The van der Waals surface area contributed by atoms with Crippen molar-refractivity contribution in [3.8, 4) is 0 Å². The lowest BCUT2D eigenvalue weighted by Gasteiger charge is -2.19. The van der Waals surface area contributed by atoms with Crippen molar-refractivity contribution in [2.24, 2.45) is 5.92 Å². The van der Waals surface area contributed by atoms with Gasteiger partial charge in [0.05, 0.1) is 17.2 Å². The number of rotatable bonds is 6. The van der Waals surface area contributed by atoms with E-state index >= 15 is 0 Å². The third-order valence-electron chi connectivity index (χ3n) is 3.23. The van der Waals surface area contributed by atoms with Gasteiger partial charge in [0, 0.05) is 25.9 Å². The molecule has 0 unspecified atom stereocenters. The molecule has 104 valence electrons. The van der Waals surface area contributed by atoms with Gasteiger partial charge in [-0.05, 0) is 30.9 Å². The average molecular weight is 283 g/mol. The number of amides is 1. The maximum Gasteiger partial charge on any atom is 0.257 e. The van der Waals surface area contributed by atoms with Gasteiger partial charge >= 0.3 is 0 Å². The average Bonchev–Trinajstić information content (AvgIpc) is 3.18. The Morgan fingerprint density at radius 3 is 2.89 bits per heavy atom. The first kappa shape index (κ1) is 14.2. The minimum Gasteiger partial charge on any atom is -0.398 e. The van der Waals surface area contributed by atoms with Crippen molar-refractivity contribution in [3.63, 3.8) is 0 Å². The number of carbonyl (C=O) groups excluding carboxylic acids is 1. The molecule has 0 aliphatic heterocycles. The zero-order chi connectivity index (χ0) is 13.8. The topological polar surface area (TPSA) is 55.6 Å². The Kier molecular flexibility index (Phi) is 4.66. The Morgan fingerprint density at radius 2 is 2.26 bits per heavy atom. The van der Waals surface area contributed by atoms with Crippen molar-refractivity contribution >= 4 is 23.2 Å². The summed E-state index contributed by atoms with van der Waals surface area (Å²) in [6.07, 6.45) is 2.54. The largest absolute Gasteiger partial charge is 0.398 e. The van der Waals surface area contributed by atoms with Crippen molar-refractivity contribution < 1.29 is 9.53 Å². The third-order valence-corrected chi connectivity index (χ3v) is 3.54. The van der Waals surface area contributed by atoms with E-state index in [0.29, 0.717) is 29.4 Å². The molecular weight excluding hydrogens is 264 g/mol. The number of benzene rings is 1. The monoisotopic (exact) mass is 282 g/mol. The highest BCUT2D eigenvalue weighted by molar-refractivity contribution is 6.34. The molecule has 0 radical (unpaired) electrons. The SMILES string of the molecule is CN(CCOCC1CC1)C(=O)c1c(N)cccc1Cl.